The van der Waals surface area contributed by atoms with E-state index >= 15 is 0 Å². The highest BCUT2D eigenvalue weighted by Gasteiger charge is 2.15. The topological polar surface area (TPSA) is 120 Å². The number of benzene rings is 2. The molecule has 0 aliphatic heterocycles. The molecule has 2 N–H and O–H groups in total. The molecule has 2 rings (SSSR count). The zero-order valence-electron chi connectivity index (χ0n) is 15.7. The van der Waals surface area contributed by atoms with Gasteiger partial charge >= 0.3 is 11.8 Å². The van der Waals surface area contributed by atoms with Crippen LogP contribution in [-0.4, -0.2) is 30.6 Å². The van der Waals surface area contributed by atoms with E-state index in [2.05, 4.69) is 15.8 Å². The number of rotatable bonds is 6. The molecule has 2 amide bonds. The van der Waals surface area contributed by atoms with Gasteiger partial charge in [-0.1, -0.05) is 18.2 Å². The Morgan fingerprint density at radius 2 is 1.79 bits per heavy atom. The highest BCUT2D eigenvalue weighted by Crippen LogP contribution is 2.20. The number of carbonyl (C=O) groups is 3. The number of amides is 2. The highest BCUT2D eigenvalue weighted by atomic mass is 16.5. The van der Waals surface area contributed by atoms with Crippen molar-refractivity contribution in [3.63, 3.8) is 0 Å². The number of hydrazone groups is 1. The first kappa shape index (κ1) is 20.6. The summed E-state index contributed by atoms with van der Waals surface area (Å²) in [5.74, 6) is -3.03. The van der Waals surface area contributed by atoms with E-state index in [0.29, 0.717) is 17.9 Å². The smallest absolute Gasteiger partial charge is 0.329 e. The Labute approximate surface area is 162 Å². The van der Waals surface area contributed by atoms with Gasteiger partial charge in [0.2, 0.25) is 0 Å². The molecule has 0 radical (unpaired) electrons. The molecule has 8 heteroatoms. The lowest BCUT2D eigenvalue weighted by Gasteiger charge is -2.11. The van der Waals surface area contributed by atoms with Crippen molar-refractivity contribution in [3.05, 3.63) is 58.7 Å². The Bertz CT molecular complexity index is 917. The van der Waals surface area contributed by atoms with Gasteiger partial charge in [-0.05, 0) is 55.7 Å². The fourth-order valence-electron chi connectivity index (χ4n) is 2.47. The predicted molar refractivity (Wildman–Crippen MR) is 102 cm³/mol. The van der Waals surface area contributed by atoms with Crippen LogP contribution >= 0.6 is 0 Å². The number of aromatic carboxylic acids is 1. The molecule has 0 bridgehead atoms. The van der Waals surface area contributed by atoms with E-state index in [9.17, 15) is 19.5 Å². The maximum Gasteiger partial charge on any atom is 0.329 e. The number of aryl methyl sites for hydroxylation is 2. The highest BCUT2D eigenvalue weighted by molar-refractivity contribution is 6.39. The third kappa shape index (κ3) is 5.16. The van der Waals surface area contributed by atoms with E-state index in [-0.39, 0.29) is 11.3 Å². The number of nitrogens with one attached hydrogen (secondary N) is 2. The standard InChI is InChI=1S/C20H21N3O5/c1-4-28-16-9-8-14(10-15(16)20(26)27)11-21-23-19(25)18(24)22-17-12(2)6-5-7-13(17)3/h5-11H,4H2,1-3H3,(H,22,24)(H,23,25)(H,26,27)/p-1/b21-11-. The lowest BCUT2D eigenvalue weighted by atomic mass is 10.1. The first-order valence-corrected chi connectivity index (χ1v) is 8.52. The zero-order valence-corrected chi connectivity index (χ0v) is 15.7. The SMILES string of the molecule is CCOc1ccc(/C=N\NC(=O)C(=O)Nc2c(C)cccc2C)cc1C(=O)[O-]. The summed E-state index contributed by atoms with van der Waals surface area (Å²) >= 11 is 0. The third-order valence-corrected chi connectivity index (χ3v) is 3.83. The van der Waals surface area contributed by atoms with Crippen molar-refractivity contribution in [3.8, 4) is 5.75 Å². The largest absolute Gasteiger partial charge is 0.545 e. The van der Waals surface area contributed by atoms with Gasteiger partial charge in [0.15, 0.2) is 0 Å². The second kappa shape index (κ2) is 9.31. The van der Waals surface area contributed by atoms with Gasteiger partial charge in [0.1, 0.15) is 5.75 Å². The molecule has 146 valence electrons. The summed E-state index contributed by atoms with van der Waals surface area (Å²) in [7, 11) is 0. The van der Waals surface area contributed by atoms with E-state index in [1.807, 2.05) is 32.0 Å². The molecule has 0 saturated carbocycles. The second-order valence-corrected chi connectivity index (χ2v) is 5.90. The summed E-state index contributed by atoms with van der Waals surface area (Å²) in [4.78, 5) is 35.1. The van der Waals surface area contributed by atoms with Crippen molar-refractivity contribution in [1.82, 2.24) is 5.43 Å². The van der Waals surface area contributed by atoms with Gasteiger partial charge in [-0.25, -0.2) is 5.43 Å². The number of carboxylic acids is 1. The van der Waals surface area contributed by atoms with Crippen LogP contribution in [0.2, 0.25) is 0 Å². The van der Waals surface area contributed by atoms with E-state index < -0.39 is 17.8 Å². The summed E-state index contributed by atoms with van der Waals surface area (Å²) in [5.41, 5.74) is 4.58. The molecule has 0 heterocycles. The number of carbonyl (C=O) groups excluding carboxylic acids is 3. The first-order valence-electron chi connectivity index (χ1n) is 8.52. The Morgan fingerprint density at radius 1 is 1.11 bits per heavy atom. The van der Waals surface area contributed by atoms with Gasteiger partial charge in [0.05, 0.1) is 18.8 Å². The van der Waals surface area contributed by atoms with Crippen LogP contribution in [-0.2, 0) is 9.59 Å². The maximum absolute atomic E-state index is 12.0. The number of ether oxygens (including phenoxy) is 1. The average Bonchev–Trinajstić information content (AvgIpc) is 2.65. The molecule has 0 unspecified atom stereocenters. The molecule has 0 spiro atoms. The van der Waals surface area contributed by atoms with Gasteiger partial charge < -0.3 is 20.0 Å². The second-order valence-electron chi connectivity index (χ2n) is 5.90. The van der Waals surface area contributed by atoms with Gasteiger partial charge in [0, 0.05) is 11.3 Å². The Kier molecular flexibility index (Phi) is 6.86. The molecule has 2 aromatic carbocycles. The van der Waals surface area contributed by atoms with Crippen LogP contribution in [0.1, 0.15) is 34.0 Å². The van der Waals surface area contributed by atoms with E-state index in [0.717, 1.165) is 11.1 Å². The fraction of sp³-hybridized carbons (Fsp3) is 0.200. The van der Waals surface area contributed by atoms with Crippen molar-refractivity contribution in [2.24, 2.45) is 5.10 Å². The number of nitrogens with zero attached hydrogens (tertiary/aromatic N) is 1. The summed E-state index contributed by atoms with van der Waals surface area (Å²) in [5, 5.41) is 17.4. The van der Waals surface area contributed by atoms with Crippen molar-refractivity contribution >= 4 is 29.7 Å². The molecule has 0 aliphatic carbocycles. The van der Waals surface area contributed by atoms with Crippen LogP contribution in [0, 0.1) is 13.8 Å². The molecule has 2 aromatic rings. The summed E-state index contributed by atoms with van der Waals surface area (Å²) < 4.78 is 5.22. The van der Waals surface area contributed by atoms with Crippen molar-refractivity contribution < 1.29 is 24.2 Å². The molecule has 0 aromatic heterocycles. The monoisotopic (exact) mass is 382 g/mol. The van der Waals surface area contributed by atoms with Crippen molar-refractivity contribution in [2.75, 3.05) is 11.9 Å². The molecular weight excluding hydrogens is 362 g/mol. The molecule has 0 aliphatic rings. The quantitative estimate of drug-likeness (QED) is 0.441. The summed E-state index contributed by atoms with van der Waals surface area (Å²) in [6.07, 6.45) is 1.21. The summed E-state index contributed by atoms with van der Waals surface area (Å²) in [6.45, 7) is 5.67. The number of hydrogen-bond acceptors (Lipinski definition) is 6. The molecule has 28 heavy (non-hydrogen) atoms. The van der Waals surface area contributed by atoms with Crippen LogP contribution in [0.5, 0.6) is 5.75 Å². The van der Waals surface area contributed by atoms with Gasteiger partial charge in [0.25, 0.3) is 0 Å². The Morgan fingerprint density at radius 3 is 2.39 bits per heavy atom. The molecule has 8 nitrogen and oxygen atoms in total. The average molecular weight is 382 g/mol. The van der Waals surface area contributed by atoms with Crippen molar-refractivity contribution in [2.45, 2.75) is 20.8 Å². The normalized spacial score (nSPS) is 10.5. The number of carboxylic acid groups (broad SMARTS) is 1. The van der Waals surface area contributed by atoms with E-state index in [1.54, 1.807) is 13.0 Å². The van der Waals surface area contributed by atoms with Crippen LogP contribution in [0.15, 0.2) is 41.5 Å². The van der Waals surface area contributed by atoms with Gasteiger partial charge in [-0.15, -0.1) is 0 Å². The van der Waals surface area contributed by atoms with E-state index in [1.165, 1.54) is 18.3 Å². The lowest BCUT2D eigenvalue weighted by Crippen LogP contribution is -2.32. The first-order chi connectivity index (χ1) is 13.3. The van der Waals surface area contributed by atoms with Crippen molar-refractivity contribution in [1.29, 1.82) is 0 Å². The van der Waals surface area contributed by atoms with Gasteiger partial charge in [-0.2, -0.15) is 5.10 Å². The van der Waals surface area contributed by atoms with Crippen LogP contribution < -0.4 is 20.6 Å². The minimum atomic E-state index is -1.39. The Balaban J connectivity index is 2.04. The molecule has 0 fully saturated rings. The molecular formula is C20H20N3O5-. The van der Waals surface area contributed by atoms with Crippen LogP contribution in [0.25, 0.3) is 0 Å². The minimum absolute atomic E-state index is 0.134. The number of para-hydroxylation sites is 1. The third-order valence-electron chi connectivity index (χ3n) is 3.83. The maximum atomic E-state index is 12.0. The number of anilines is 1. The molecule has 0 saturated heterocycles. The van der Waals surface area contributed by atoms with Gasteiger partial charge in [-0.3, -0.25) is 9.59 Å². The predicted octanol–water partition coefficient (Wildman–Crippen LogP) is 1.15. The fourth-order valence-corrected chi connectivity index (χ4v) is 2.47. The zero-order chi connectivity index (χ0) is 20.7. The number of hydrogen-bond donors (Lipinski definition) is 2. The van der Waals surface area contributed by atoms with E-state index in [4.69, 9.17) is 4.74 Å². The van der Waals surface area contributed by atoms with Crippen LogP contribution in [0.3, 0.4) is 0 Å². The lowest BCUT2D eigenvalue weighted by molar-refractivity contribution is -0.255. The van der Waals surface area contributed by atoms with Crippen LogP contribution in [0.4, 0.5) is 5.69 Å². The molecule has 0 atom stereocenters. The summed E-state index contributed by atoms with van der Waals surface area (Å²) in [6, 6.07) is 9.81. The minimum Gasteiger partial charge on any atom is -0.545 e. The Hall–Kier alpha value is -3.68.